The highest BCUT2D eigenvalue weighted by molar-refractivity contribution is 5.51. The van der Waals surface area contributed by atoms with Crippen molar-refractivity contribution in [3.8, 4) is 0 Å². The van der Waals surface area contributed by atoms with E-state index < -0.39 is 0 Å². The maximum absolute atomic E-state index is 9.07. The average molecular weight is 206 g/mol. The molecule has 0 unspecified atom stereocenters. The summed E-state index contributed by atoms with van der Waals surface area (Å²) < 4.78 is 0. The van der Waals surface area contributed by atoms with Crippen LogP contribution in [0.2, 0.25) is 0 Å². The fraction of sp³-hybridized carbons (Fsp3) is 0.583. The summed E-state index contributed by atoms with van der Waals surface area (Å²) in [6, 6.07) is 2.08. The normalized spacial score (nSPS) is 18.1. The van der Waals surface area contributed by atoms with Gasteiger partial charge >= 0.3 is 0 Å². The van der Waals surface area contributed by atoms with E-state index >= 15 is 0 Å². The van der Waals surface area contributed by atoms with E-state index in [4.69, 9.17) is 5.11 Å². The van der Waals surface area contributed by atoms with E-state index in [0.29, 0.717) is 12.5 Å². The molecule has 82 valence electrons. The second kappa shape index (κ2) is 4.62. The molecule has 1 aliphatic heterocycles. The van der Waals surface area contributed by atoms with Crippen molar-refractivity contribution in [2.45, 2.75) is 19.8 Å². The van der Waals surface area contributed by atoms with E-state index in [-0.39, 0.29) is 0 Å². The number of nitrogens with zero attached hydrogens (tertiary/aromatic N) is 2. The van der Waals surface area contributed by atoms with Crippen LogP contribution in [0.15, 0.2) is 18.5 Å². The first-order valence-corrected chi connectivity index (χ1v) is 5.57. The molecule has 3 heteroatoms. The third-order valence-corrected chi connectivity index (χ3v) is 3.20. The van der Waals surface area contributed by atoms with Gasteiger partial charge in [-0.05, 0) is 37.3 Å². The molecule has 2 heterocycles. The molecule has 1 N–H and O–H groups in total. The van der Waals surface area contributed by atoms with E-state index in [1.165, 1.54) is 11.3 Å². The van der Waals surface area contributed by atoms with Crippen LogP contribution in [-0.2, 0) is 0 Å². The van der Waals surface area contributed by atoms with Gasteiger partial charge in [-0.3, -0.25) is 4.98 Å². The van der Waals surface area contributed by atoms with Gasteiger partial charge in [0.05, 0.1) is 0 Å². The van der Waals surface area contributed by atoms with Crippen LogP contribution in [0, 0.1) is 12.8 Å². The molecule has 0 radical (unpaired) electrons. The smallest absolute Gasteiger partial charge is 0.0460 e. The molecular weight excluding hydrogens is 188 g/mol. The van der Waals surface area contributed by atoms with E-state index in [2.05, 4.69) is 22.9 Å². The molecule has 0 aromatic carbocycles. The number of rotatable bonds is 2. The SMILES string of the molecule is Cc1cnccc1N1CCC(CO)CC1. The first kappa shape index (κ1) is 10.4. The van der Waals surface area contributed by atoms with Crippen LogP contribution in [0.4, 0.5) is 5.69 Å². The van der Waals surface area contributed by atoms with Gasteiger partial charge in [-0.25, -0.2) is 0 Å². The van der Waals surface area contributed by atoms with Crippen LogP contribution in [-0.4, -0.2) is 29.8 Å². The van der Waals surface area contributed by atoms with Gasteiger partial charge in [0.15, 0.2) is 0 Å². The average Bonchev–Trinajstić information content (AvgIpc) is 2.30. The van der Waals surface area contributed by atoms with Gasteiger partial charge in [0.25, 0.3) is 0 Å². The molecular formula is C12H18N2O. The summed E-state index contributed by atoms with van der Waals surface area (Å²) in [5, 5.41) is 9.07. The van der Waals surface area contributed by atoms with Crippen molar-refractivity contribution < 1.29 is 5.11 Å². The molecule has 1 aromatic rings. The van der Waals surface area contributed by atoms with E-state index in [9.17, 15) is 0 Å². The maximum atomic E-state index is 9.07. The van der Waals surface area contributed by atoms with Crippen molar-refractivity contribution in [3.63, 3.8) is 0 Å². The number of pyridine rings is 1. The van der Waals surface area contributed by atoms with Crippen molar-refractivity contribution in [2.75, 3.05) is 24.6 Å². The molecule has 0 atom stereocenters. The van der Waals surface area contributed by atoms with Gasteiger partial charge in [-0.2, -0.15) is 0 Å². The maximum Gasteiger partial charge on any atom is 0.0460 e. The molecule has 3 nitrogen and oxygen atoms in total. The molecule has 0 spiro atoms. The van der Waals surface area contributed by atoms with Crippen molar-refractivity contribution in [1.82, 2.24) is 4.98 Å². The highest BCUT2D eigenvalue weighted by atomic mass is 16.3. The number of anilines is 1. The number of aliphatic hydroxyl groups is 1. The molecule has 2 rings (SSSR count). The Balaban J connectivity index is 2.04. The van der Waals surface area contributed by atoms with Crippen LogP contribution in [0.1, 0.15) is 18.4 Å². The molecule has 1 aromatic heterocycles. The van der Waals surface area contributed by atoms with Crippen molar-refractivity contribution in [1.29, 1.82) is 0 Å². The van der Waals surface area contributed by atoms with Gasteiger partial charge in [-0.15, -0.1) is 0 Å². The zero-order chi connectivity index (χ0) is 10.7. The van der Waals surface area contributed by atoms with Crippen molar-refractivity contribution >= 4 is 5.69 Å². The van der Waals surface area contributed by atoms with Crippen LogP contribution >= 0.6 is 0 Å². The minimum absolute atomic E-state index is 0.336. The number of hydrogen-bond donors (Lipinski definition) is 1. The number of aromatic nitrogens is 1. The summed E-state index contributed by atoms with van der Waals surface area (Å²) in [5.74, 6) is 0.503. The van der Waals surface area contributed by atoms with Gasteiger partial charge in [0.1, 0.15) is 0 Å². The molecule has 0 bridgehead atoms. The van der Waals surface area contributed by atoms with Gasteiger partial charge in [0.2, 0.25) is 0 Å². The lowest BCUT2D eigenvalue weighted by atomic mass is 9.97. The molecule has 15 heavy (non-hydrogen) atoms. The summed E-state index contributed by atoms with van der Waals surface area (Å²) in [6.07, 6.45) is 5.95. The van der Waals surface area contributed by atoms with Crippen LogP contribution in [0.3, 0.4) is 0 Å². The Hall–Kier alpha value is -1.09. The fourth-order valence-electron chi connectivity index (χ4n) is 2.18. The van der Waals surface area contributed by atoms with Crippen LogP contribution < -0.4 is 4.90 Å². The molecule has 1 aliphatic rings. The van der Waals surface area contributed by atoms with Gasteiger partial charge in [0, 0.05) is 37.8 Å². The van der Waals surface area contributed by atoms with Gasteiger partial charge in [-0.1, -0.05) is 0 Å². The number of aryl methyl sites for hydroxylation is 1. The van der Waals surface area contributed by atoms with Crippen LogP contribution in [0.25, 0.3) is 0 Å². The first-order chi connectivity index (χ1) is 7.31. The second-order valence-corrected chi connectivity index (χ2v) is 4.28. The third kappa shape index (κ3) is 2.29. The standard InChI is InChI=1S/C12H18N2O/c1-10-8-13-5-2-12(10)14-6-3-11(9-15)4-7-14/h2,5,8,11,15H,3-4,6-7,9H2,1H3. The highest BCUT2D eigenvalue weighted by Gasteiger charge is 2.19. The number of aliphatic hydroxyl groups excluding tert-OH is 1. The summed E-state index contributed by atoms with van der Waals surface area (Å²) in [4.78, 5) is 6.50. The van der Waals surface area contributed by atoms with Crippen LogP contribution in [0.5, 0.6) is 0 Å². The summed E-state index contributed by atoms with van der Waals surface area (Å²) >= 11 is 0. The Morgan fingerprint density at radius 3 is 2.80 bits per heavy atom. The Bertz CT molecular complexity index is 319. The minimum atomic E-state index is 0.336. The Morgan fingerprint density at radius 1 is 1.47 bits per heavy atom. The lowest BCUT2D eigenvalue weighted by Gasteiger charge is -2.33. The Morgan fingerprint density at radius 2 is 2.20 bits per heavy atom. The topological polar surface area (TPSA) is 36.4 Å². The summed E-state index contributed by atoms with van der Waals surface area (Å²) in [7, 11) is 0. The Kier molecular flexibility index (Phi) is 3.21. The number of piperidine rings is 1. The van der Waals surface area contributed by atoms with E-state index in [0.717, 1.165) is 25.9 Å². The predicted octanol–water partition coefficient (Wildman–Crippen LogP) is 1.60. The zero-order valence-electron chi connectivity index (χ0n) is 9.19. The quantitative estimate of drug-likeness (QED) is 0.798. The zero-order valence-corrected chi connectivity index (χ0v) is 9.19. The molecule has 0 aliphatic carbocycles. The van der Waals surface area contributed by atoms with Crippen molar-refractivity contribution in [2.24, 2.45) is 5.92 Å². The summed E-state index contributed by atoms with van der Waals surface area (Å²) in [5.41, 5.74) is 2.53. The first-order valence-electron chi connectivity index (χ1n) is 5.57. The fourth-order valence-corrected chi connectivity index (χ4v) is 2.18. The largest absolute Gasteiger partial charge is 0.396 e. The monoisotopic (exact) mass is 206 g/mol. The summed E-state index contributed by atoms with van der Waals surface area (Å²) in [6.45, 7) is 4.54. The van der Waals surface area contributed by atoms with E-state index in [1.807, 2.05) is 12.4 Å². The lowest BCUT2D eigenvalue weighted by Crippen LogP contribution is -2.35. The third-order valence-electron chi connectivity index (χ3n) is 3.20. The lowest BCUT2D eigenvalue weighted by molar-refractivity contribution is 0.203. The molecule has 0 amide bonds. The molecule has 1 fully saturated rings. The Labute approximate surface area is 90.8 Å². The minimum Gasteiger partial charge on any atom is -0.396 e. The molecule has 1 saturated heterocycles. The van der Waals surface area contributed by atoms with E-state index in [1.54, 1.807) is 0 Å². The number of hydrogen-bond acceptors (Lipinski definition) is 3. The van der Waals surface area contributed by atoms with Crippen molar-refractivity contribution in [3.05, 3.63) is 24.0 Å². The second-order valence-electron chi connectivity index (χ2n) is 4.28. The molecule has 0 saturated carbocycles. The van der Waals surface area contributed by atoms with Gasteiger partial charge < -0.3 is 10.0 Å². The predicted molar refractivity (Wildman–Crippen MR) is 61.0 cm³/mol. The highest BCUT2D eigenvalue weighted by Crippen LogP contribution is 2.24.